The van der Waals surface area contributed by atoms with Gasteiger partial charge in [0, 0.05) is 18.4 Å². The predicted octanol–water partition coefficient (Wildman–Crippen LogP) is 6.63. The average Bonchev–Trinajstić information content (AvgIpc) is 2.72. The molecule has 3 aromatic rings. The van der Waals surface area contributed by atoms with E-state index in [1.807, 2.05) is 0 Å². The zero-order chi connectivity index (χ0) is 24.4. The van der Waals surface area contributed by atoms with Crippen molar-refractivity contribution in [2.75, 3.05) is 11.9 Å². The monoisotopic (exact) mass is 455 g/mol. The second kappa shape index (κ2) is 7.60. The van der Waals surface area contributed by atoms with E-state index in [9.17, 15) is 0 Å². The fourth-order valence-corrected chi connectivity index (χ4v) is 11.7. The summed E-state index contributed by atoms with van der Waals surface area (Å²) >= 11 is 0. The fraction of sp³-hybridized carbons (Fsp3) is 0.419. The highest BCUT2D eigenvalue weighted by Gasteiger charge is 2.54. The number of benzene rings is 3. The van der Waals surface area contributed by atoms with E-state index in [1.54, 1.807) is 0 Å². The molecule has 0 amide bonds. The van der Waals surface area contributed by atoms with Crippen LogP contribution in [-0.2, 0) is 10.8 Å². The van der Waals surface area contributed by atoms with Crippen LogP contribution < -0.4 is 20.5 Å². The Labute approximate surface area is 202 Å². The van der Waals surface area contributed by atoms with E-state index >= 15 is 0 Å². The smallest absolute Gasteiger partial charge is 0.158 e. The molecule has 0 N–H and O–H groups in total. The van der Waals surface area contributed by atoms with E-state index in [0.29, 0.717) is 0 Å². The molecule has 1 aliphatic rings. The van der Waals surface area contributed by atoms with Crippen molar-refractivity contribution in [2.24, 2.45) is 0 Å². The lowest BCUT2D eigenvalue weighted by Gasteiger charge is -2.51. The van der Waals surface area contributed by atoms with Crippen LogP contribution in [0, 0.1) is 0 Å². The summed E-state index contributed by atoms with van der Waals surface area (Å²) in [4.78, 5) is 2.43. The maximum absolute atomic E-state index is 2.47. The third-order valence-corrected chi connectivity index (χ3v) is 13.5. The van der Waals surface area contributed by atoms with Gasteiger partial charge in [-0.3, -0.25) is 0 Å². The van der Waals surface area contributed by atoms with Crippen LogP contribution in [0.15, 0.2) is 66.7 Å². The Kier molecular flexibility index (Phi) is 5.48. The summed E-state index contributed by atoms with van der Waals surface area (Å²) in [5.41, 5.74) is 5.80. The SMILES string of the molecule is CN1c2ccccc2[Si@@](c2ccc(C(C)(C)C)cc2)(C(C)(C)C)c2ccc(C(C)(C)C)cc21. The third-order valence-electron chi connectivity index (χ3n) is 7.61. The first-order chi connectivity index (χ1) is 15.2. The molecule has 0 fully saturated rings. The lowest BCUT2D eigenvalue weighted by molar-refractivity contribution is 0.590. The first-order valence-corrected chi connectivity index (χ1v) is 14.3. The lowest BCUT2D eigenvalue weighted by Crippen LogP contribution is -2.74. The molecule has 1 aliphatic heterocycles. The largest absolute Gasteiger partial charge is 0.345 e. The van der Waals surface area contributed by atoms with Crippen LogP contribution >= 0.6 is 0 Å². The molecule has 174 valence electrons. The van der Waals surface area contributed by atoms with Crippen LogP contribution in [0.3, 0.4) is 0 Å². The Balaban J connectivity index is 2.11. The highest BCUT2D eigenvalue weighted by molar-refractivity contribution is 7.15. The minimum Gasteiger partial charge on any atom is -0.345 e. The Hall–Kier alpha value is -2.32. The zero-order valence-corrected chi connectivity index (χ0v) is 23.3. The molecule has 0 saturated carbocycles. The standard InChI is InChI=1S/C31H41NSi/c1-29(2,3)22-15-18-24(19-16-22)33(31(7,8)9)27-14-12-11-13-25(27)32(10)26-21-23(30(4,5)6)17-20-28(26)33/h11-21H,1-10H3/t33-/m1/s1. The molecule has 0 aliphatic carbocycles. The Bertz CT molecular complexity index is 1170. The number of nitrogens with zero attached hydrogens (tertiary/aromatic N) is 1. The summed E-state index contributed by atoms with van der Waals surface area (Å²) < 4.78 is 0. The van der Waals surface area contributed by atoms with E-state index in [-0.39, 0.29) is 15.9 Å². The summed E-state index contributed by atoms with van der Waals surface area (Å²) in [7, 11) is -0.105. The number of hydrogen-bond acceptors (Lipinski definition) is 1. The number of para-hydroxylation sites is 1. The normalized spacial score (nSPS) is 18.7. The van der Waals surface area contributed by atoms with Crippen molar-refractivity contribution in [1.82, 2.24) is 0 Å². The van der Waals surface area contributed by atoms with Crippen molar-refractivity contribution >= 4 is 35.0 Å². The van der Waals surface area contributed by atoms with Gasteiger partial charge in [-0.2, -0.15) is 0 Å². The second-order valence-electron chi connectivity index (χ2n) is 12.9. The molecule has 0 aromatic heterocycles. The van der Waals surface area contributed by atoms with Crippen LogP contribution in [0.1, 0.15) is 73.4 Å². The Morgan fingerprint density at radius 3 is 1.64 bits per heavy atom. The molecule has 0 radical (unpaired) electrons. The van der Waals surface area contributed by atoms with Crippen LogP contribution in [-0.4, -0.2) is 15.1 Å². The topological polar surface area (TPSA) is 3.24 Å². The molecular formula is C31H41NSi. The first kappa shape index (κ1) is 23.8. The van der Waals surface area contributed by atoms with Crippen LogP contribution in [0.4, 0.5) is 11.4 Å². The molecule has 4 rings (SSSR count). The molecule has 3 aromatic carbocycles. The van der Waals surface area contributed by atoms with Crippen LogP contribution in [0.5, 0.6) is 0 Å². The maximum Gasteiger partial charge on any atom is 0.158 e. The van der Waals surface area contributed by atoms with Gasteiger partial charge in [-0.05, 0) is 54.7 Å². The predicted molar refractivity (Wildman–Crippen MR) is 149 cm³/mol. The highest BCUT2D eigenvalue weighted by Crippen LogP contribution is 2.43. The quantitative estimate of drug-likeness (QED) is 0.372. The van der Waals surface area contributed by atoms with Crippen molar-refractivity contribution in [3.8, 4) is 0 Å². The minimum atomic E-state index is -2.35. The molecule has 1 atom stereocenters. The molecule has 2 heteroatoms. The van der Waals surface area contributed by atoms with Crippen LogP contribution in [0.25, 0.3) is 0 Å². The van der Waals surface area contributed by atoms with E-state index in [4.69, 9.17) is 0 Å². The fourth-order valence-electron chi connectivity index (χ4n) is 5.72. The van der Waals surface area contributed by atoms with E-state index in [0.717, 1.165) is 0 Å². The molecule has 1 heterocycles. The highest BCUT2D eigenvalue weighted by atomic mass is 28.3. The summed E-state index contributed by atoms with van der Waals surface area (Å²) in [5.74, 6) is 0. The van der Waals surface area contributed by atoms with E-state index in [2.05, 4.69) is 141 Å². The molecule has 33 heavy (non-hydrogen) atoms. The lowest BCUT2D eigenvalue weighted by atomic mass is 9.87. The average molecular weight is 456 g/mol. The second-order valence-corrected chi connectivity index (χ2v) is 17.5. The molecule has 1 nitrogen and oxygen atoms in total. The Morgan fingerprint density at radius 1 is 0.576 bits per heavy atom. The van der Waals surface area contributed by atoms with Gasteiger partial charge in [0.25, 0.3) is 0 Å². The summed E-state index contributed by atoms with van der Waals surface area (Å²) in [6, 6.07) is 26.1. The van der Waals surface area contributed by atoms with Gasteiger partial charge in [-0.15, -0.1) is 0 Å². The van der Waals surface area contributed by atoms with Gasteiger partial charge >= 0.3 is 0 Å². The molecule has 0 bridgehead atoms. The number of hydrogen-bond donors (Lipinski definition) is 0. The zero-order valence-electron chi connectivity index (χ0n) is 22.3. The first-order valence-electron chi connectivity index (χ1n) is 12.3. The number of anilines is 2. The third kappa shape index (κ3) is 3.67. The summed E-state index contributed by atoms with van der Waals surface area (Å²) in [6.45, 7) is 21.2. The van der Waals surface area contributed by atoms with Gasteiger partial charge in [0.1, 0.15) is 0 Å². The van der Waals surface area contributed by atoms with Crippen molar-refractivity contribution in [3.05, 3.63) is 77.9 Å². The van der Waals surface area contributed by atoms with Gasteiger partial charge < -0.3 is 4.90 Å². The maximum atomic E-state index is 2.47. The molecule has 0 saturated heterocycles. The van der Waals surface area contributed by atoms with E-state index in [1.165, 1.54) is 38.1 Å². The number of fused-ring (bicyclic) bond motifs is 2. The Morgan fingerprint density at radius 2 is 1.09 bits per heavy atom. The van der Waals surface area contributed by atoms with E-state index < -0.39 is 8.07 Å². The minimum absolute atomic E-state index is 0.103. The number of rotatable bonds is 1. The van der Waals surface area contributed by atoms with Gasteiger partial charge in [0.2, 0.25) is 0 Å². The van der Waals surface area contributed by atoms with Gasteiger partial charge in [-0.25, -0.2) is 0 Å². The van der Waals surface area contributed by atoms with Crippen molar-refractivity contribution in [1.29, 1.82) is 0 Å². The van der Waals surface area contributed by atoms with Crippen molar-refractivity contribution < 1.29 is 0 Å². The van der Waals surface area contributed by atoms with Gasteiger partial charge in [0.05, 0.1) is 0 Å². The molecule has 0 spiro atoms. The summed E-state index contributed by atoms with van der Waals surface area (Å²) in [6.07, 6.45) is 0. The van der Waals surface area contributed by atoms with Crippen molar-refractivity contribution in [3.63, 3.8) is 0 Å². The summed E-state index contributed by atoms with van der Waals surface area (Å²) in [5, 5.41) is 4.67. The molecule has 0 unspecified atom stereocenters. The van der Waals surface area contributed by atoms with Gasteiger partial charge in [0.15, 0.2) is 8.07 Å². The van der Waals surface area contributed by atoms with Crippen molar-refractivity contribution in [2.45, 2.75) is 78.2 Å². The van der Waals surface area contributed by atoms with Gasteiger partial charge in [-0.1, -0.05) is 117 Å². The molecular weight excluding hydrogens is 414 g/mol. The van der Waals surface area contributed by atoms with Crippen LogP contribution in [0.2, 0.25) is 5.04 Å².